The lowest BCUT2D eigenvalue weighted by molar-refractivity contribution is 0.0102. The van der Waals surface area contributed by atoms with Crippen LogP contribution in [0.25, 0.3) is 0 Å². The molecule has 0 amide bonds. The van der Waals surface area contributed by atoms with E-state index in [1.165, 1.54) is 10.5 Å². The van der Waals surface area contributed by atoms with Gasteiger partial charge in [-0.25, -0.2) is 0 Å². The summed E-state index contributed by atoms with van der Waals surface area (Å²) < 4.78 is 5.47. The molecule has 1 aliphatic rings. The van der Waals surface area contributed by atoms with E-state index in [0.29, 0.717) is 18.7 Å². The van der Waals surface area contributed by atoms with Gasteiger partial charge in [0.25, 0.3) is 0 Å². The first-order chi connectivity index (χ1) is 9.26. The lowest BCUT2D eigenvalue weighted by Crippen LogP contribution is -2.47. The SMILES string of the molecule is COC1CCN(Cc2ccc(SC)cc2)C(CN)C1.Cl. The average Bonchev–Trinajstić information content (AvgIpc) is 2.48. The van der Waals surface area contributed by atoms with Crippen molar-refractivity contribution in [1.29, 1.82) is 0 Å². The highest BCUT2D eigenvalue weighted by Gasteiger charge is 2.27. The summed E-state index contributed by atoms with van der Waals surface area (Å²) in [4.78, 5) is 3.81. The number of piperidine rings is 1. The van der Waals surface area contributed by atoms with Gasteiger partial charge in [-0.15, -0.1) is 24.2 Å². The highest BCUT2D eigenvalue weighted by molar-refractivity contribution is 7.98. The molecule has 0 aliphatic carbocycles. The van der Waals surface area contributed by atoms with Crippen LogP contribution in [0, 0.1) is 0 Å². The number of hydrogen-bond acceptors (Lipinski definition) is 4. The number of nitrogens with two attached hydrogens (primary N) is 1. The van der Waals surface area contributed by atoms with Crippen molar-refractivity contribution in [2.45, 2.75) is 36.4 Å². The zero-order valence-electron chi connectivity index (χ0n) is 12.2. The minimum atomic E-state index is 0. The van der Waals surface area contributed by atoms with E-state index >= 15 is 0 Å². The Morgan fingerprint density at radius 1 is 1.35 bits per heavy atom. The van der Waals surface area contributed by atoms with Crippen LogP contribution in [-0.2, 0) is 11.3 Å². The van der Waals surface area contributed by atoms with Gasteiger partial charge in [-0.2, -0.15) is 0 Å². The number of benzene rings is 1. The maximum absolute atomic E-state index is 5.91. The number of likely N-dealkylation sites (tertiary alicyclic amines) is 1. The normalized spacial score (nSPS) is 23.4. The van der Waals surface area contributed by atoms with Crippen molar-refractivity contribution in [2.75, 3.05) is 26.5 Å². The maximum Gasteiger partial charge on any atom is 0.0599 e. The van der Waals surface area contributed by atoms with Crippen LogP contribution in [0.1, 0.15) is 18.4 Å². The monoisotopic (exact) mass is 316 g/mol. The molecule has 5 heteroatoms. The Labute approximate surface area is 132 Å². The summed E-state index contributed by atoms with van der Waals surface area (Å²) in [5, 5.41) is 0. The number of nitrogens with zero attached hydrogens (tertiary/aromatic N) is 1. The smallest absolute Gasteiger partial charge is 0.0599 e. The molecule has 0 bridgehead atoms. The highest BCUT2D eigenvalue weighted by atomic mass is 35.5. The van der Waals surface area contributed by atoms with E-state index in [0.717, 1.165) is 25.9 Å². The van der Waals surface area contributed by atoms with Crippen LogP contribution in [-0.4, -0.2) is 43.5 Å². The third-order valence-corrected chi connectivity index (χ3v) is 4.68. The predicted octanol–water partition coefficient (Wildman–Crippen LogP) is 2.77. The minimum absolute atomic E-state index is 0. The van der Waals surface area contributed by atoms with E-state index in [2.05, 4.69) is 35.4 Å². The summed E-state index contributed by atoms with van der Waals surface area (Å²) in [7, 11) is 1.80. The van der Waals surface area contributed by atoms with Gasteiger partial charge in [-0.1, -0.05) is 12.1 Å². The van der Waals surface area contributed by atoms with Crippen molar-refractivity contribution in [3.8, 4) is 0 Å². The summed E-state index contributed by atoms with van der Waals surface area (Å²) in [5.74, 6) is 0. The molecule has 3 nitrogen and oxygen atoms in total. The summed E-state index contributed by atoms with van der Waals surface area (Å²) in [6.07, 6.45) is 4.64. The molecular weight excluding hydrogens is 292 g/mol. The molecule has 1 saturated heterocycles. The number of thioether (sulfide) groups is 1. The Morgan fingerprint density at radius 3 is 2.60 bits per heavy atom. The molecule has 20 heavy (non-hydrogen) atoms. The molecule has 0 aromatic heterocycles. The maximum atomic E-state index is 5.91. The minimum Gasteiger partial charge on any atom is -0.381 e. The molecule has 1 fully saturated rings. The van der Waals surface area contributed by atoms with E-state index in [9.17, 15) is 0 Å². The molecule has 114 valence electrons. The largest absolute Gasteiger partial charge is 0.381 e. The number of ether oxygens (including phenoxy) is 1. The Bertz CT molecular complexity index is 388. The zero-order chi connectivity index (χ0) is 13.7. The van der Waals surface area contributed by atoms with Crippen LogP contribution >= 0.6 is 24.2 Å². The predicted molar refractivity (Wildman–Crippen MR) is 88.8 cm³/mol. The Morgan fingerprint density at radius 2 is 2.05 bits per heavy atom. The third kappa shape index (κ3) is 4.64. The van der Waals surface area contributed by atoms with Crippen molar-refractivity contribution in [1.82, 2.24) is 4.90 Å². The highest BCUT2D eigenvalue weighted by Crippen LogP contribution is 2.22. The number of halogens is 1. The van der Waals surface area contributed by atoms with Crippen LogP contribution in [0.2, 0.25) is 0 Å². The van der Waals surface area contributed by atoms with Gasteiger partial charge >= 0.3 is 0 Å². The molecular formula is C15H25ClN2OS. The summed E-state index contributed by atoms with van der Waals surface area (Å²) in [6.45, 7) is 2.78. The fraction of sp³-hybridized carbons (Fsp3) is 0.600. The summed E-state index contributed by atoms with van der Waals surface area (Å²) in [6, 6.07) is 9.28. The van der Waals surface area contributed by atoms with Crippen molar-refractivity contribution >= 4 is 24.2 Å². The summed E-state index contributed by atoms with van der Waals surface area (Å²) >= 11 is 1.78. The van der Waals surface area contributed by atoms with Gasteiger partial charge in [0.15, 0.2) is 0 Å². The van der Waals surface area contributed by atoms with Crippen molar-refractivity contribution < 1.29 is 4.74 Å². The average molecular weight is 317 g/mol. The summed E-state index contributed by atoms with van der Waals surface area (Å²) in [5.41, 5.74) is 7.28. The van der Waals surface area contributed by atoms with E-state index in [-0.39, 0.29) is 12.4 Å². The van der Waals surface area contributed by atoms with Gasteiger partial charge in [0.05, 0.1) is 6.10 Å². The molecule has 0 spiro atoms. The fourth-order valence-electron chi connectivity index (χ4n) is 2.70. The van der Waals surface area contributed by atoms with Gasteiger partial charge in [0, 0.05) is 37.7 Å². The van der Waals surface area contributed by atoms with Gasteiger partial charge in [-0.05, 0) is 36.8 Å². The molecule has 0 saturated carbocycles. The molecule has 2 unspecified atom stereocenters. The molecule has 2 rings (SSSR count). The first kappa shape index (κ1) is 17.8. The number of rotatable bonds is 5. The van der Waals surface area contributed by atoms with E-state index in [4.69, 9.17) is 10.5 Å². The van der Waals surface area contributed by atoms with Crippen molar-refractivity contribution in [2.24, 2.45) is 5.73 Å². The number of methoxy groups -OCH3 is 1. The fourth-order valence-corrected chi connectivity index (χ4v) is 3.10. The van der Waals surface area contributed by atoms with Crippen LogP contribution in [0.15, 0.2) is 29.2 Å². The van der Waals surface area contributed by atoms with Crippen LogP contribution in [0.3, 0.4) is 0 Å². The van der Waals surface area contributed by atoms with E-state index in [1.807, 2.05) is 0 Å². The lowest BCUT2D eigenvalue weighted by atomic mass is 9.98. The zero-order valence-corrected chi connectivity index (χ0v) is 13.9. The second-order valence-electron chi connectivity index (χ2n) is 5.09. The first-order valence-corrected chi connectivity index (χ1v) is 8.09. The van der Waals surface area contributed by atoms with Gasteiger partial charge in [0.2, 0.25) is 0 Å². The number of hydrogen-bond donors (Lipinski definition) is 1. The van der Waals surface area contributed by atoms with Crippen LogP contribution < -0.4 is 5.73 Å². The molecule has 0 radical (unpaired) electrons. The topological polar surface area (TPSA) is 38.5 Å². The van der Waals surface area contributed by atoms with Crippen LogP contribution in [0.5, 0.6) is 0 Å². The molecule has 1 heterocycles. The third-order valence-electron chi connectivity index (χ3n) is 3.94. The molecule has 1 aliphatic heterocycles. The standard InChI is InChI=1S/C15H24N2OS.ClH/c1-18-14-7-8-17(13(9-14)10-16)11-12-3-5-15(19-2)6-4-12;/h3-6,13-14H,7-11,16H2,1-2H3;1H. The van der Waals surface area contributed by atoms with Gasteiger partial charge in [-0.3, -0.25) is 4.90 Å². The molecule has 2 N–H and O–H groups in total. The first-order valence-electron chi connectivity index (χ1n) is 6.86. The van der Waals surface area contributed by atoms with Gasteiger partial charge < -0.3 is 10.5 Å². The Kier molecular flexibility index (Phi) is 7.92. The van der Waals surface area contributed by atoms with Crippen LogP contribution in [0.4, 0.5) is 0 Å². The molecule has 1 aromatic carbocycles. The van der Waals surface area contributed by atoms with E-state index in [1.54, 1.807) is 18.9 Å². The molecule has 1 aromatic rings. The second kappa shape index (κ2) is 8.90. The quantitative estimate of drug-likeness (QED) is 0.848. The Hall–Kier alpha value is -0.260. The van der Waals surface area contributed by atoms with Crippen molar-refractivity contribution in [3.63, 3.8) is 0 Å². The van der Waals surface area contributed by atoms with E-state index < -0.39 is 0 Å². The Balaban J connectivity index is 0.00000200. The second-order valence-corrected chi connectivity index (χ2v) is 5.97. The van der Waals surface area contributed by atoms with Gasteiger partial charge in [0.1, 0.15) is 0 Å². The van der Waals surface area contributed by atoms with Crippen molar-refractivity contribution in [3.05, 3.63) is 29.8 Å². The molecule has 2 atom stereocenters. The lowest BCUT2D eigenvalue weighted by Gasteiger charge is -2.38.